The summed E-state index contributed by atoms with van der Waals surface area (Å²) < 4.78 is 5.60. The number of ether oxygens (including phenoxy) is 1. The summed E-state index contributed by atoms with van der Waals surface area (Å²) in [5.41, 5.74) is 6.07. The van der Waals surface area contributed by atoms with Crippen LogP contribution in [-0.4, -0.2) is 30.1 Å². The van der Waals surface area contributed by atoms with E-state index in [4.69, 9.17) is 10.5 Å². The molecule has 1 saturated heterocycles. The lowest BCUT2D eigenvalue weighted by molar-refractivity contribution is 0.0117. The molecule has 5 nitrogen and oxygen atoms in total. The summed E-state index contributed by atoms with van der Waals surface area (Å²) in [7, 11) is 0. The Morgan fingerprint density at radius 2 is 2.44 bits per heavy atom. The van der Waals surface area contributed by atoms with E-state index in [1.165, 1.54) is 6.42 Å². The monoisotopic (exact) mass is 249 g/mol. The van der Waals surface area contributed by atoms with Crippen molar-refractivity contribution in [2.75, 3.05) is 18.9 Å². The van der Waals surface area contributed by atoms with Crippen LogP contribution in [0.4, 0.5) is 5.82 Å². The second kappa shape index (κ2) is 6.35. The molecule has 0 saturated carbocycles. The molecule has 1 atom stereocenters. The van der Waals surface area contributed by atoms with Gasteiger partial charge in [0.2, 0.25) is 0 Å². The van der Waals surface area contributed by atoms with Crippen LogP contribution in [0.3, 0.4) is 0 Å². The lowest BCUT2D eigenvalue weighted by Gasteiger charge is -2.22. The first-order valence-corrected chi connectivity index (χ1v) is 6.37. The number of aromatic nitrogens is 1. The average Bonchev–Trinajstić information content (AvgIpc) is 2.40. The molecule has 2 rings (SSSR count). The minimum absolute atomic E-state index is 0.170. The fourth-order valence-electron chi connectivity index (χ4n) is 2.09. The molecule has 1 aromatic rings. The van der Waals surface area contributed by atoms with Crippen LogP contribution in [0.15, 0.2) is 18.3 Å². The minimum atomic E-state index is -0.170. The predicted molar refractivity (Wildman–Crippen MR) is 69.2 cm³/mol. The molecule has 98 valence electrons. The molecule has 1 aromatic heterocycles. The molecule has 1 amide bonds. The Kier molecular flexibility index (Phi) is 4.52. The fraction of sp³-hybridized carbons (Fsp3) is 0.538. The summed E-state index contributed by atoms with van der Waals surface area (Å²) in [6, 6.07) is 3.38. The van der Waals surface area contributed by atoms with E-state index in [2.05, 4.69) is 10.3 Å². The number of nitrogens with two attached hydrogens (primary N) is 1. The second-order valence-corrected chi connectivity index (χ2v) is 4.47. The Labute approximate surface area is 107 Å². The van der Waals surface area contributed by atoms with Gasteiger partial charge in [-0.2, -0.15) is 0 Å². The molecule has 1 unspecified atom stereocenters. The largest absolute Gasteiger partial charge is 0.383 e. The lowest BCUT2D eigenvalue weighted by atomic mass is 10.1. The molecule has 1 aliphatic heterocycles. The van der Waals surface area contributed by atoms with E-state index in [-0.39, 0.29) is 17.8 Å². The van der Waals surface area contributed by atoms with E-state index in [1.54, 1.807) is 18.3 Å². The third-order valence-electron chi connectivity index (χ3n) is 3.11. The van der Waals surface area contributed by atoms with Crippen molar-refractivity contribution in [2.45, 2.75) is 31.8 Å². The zero-order valence-corrected chi connectivity index (χ0v) is 10.4. The van der Waals surface area contributed by atoms with Crippen LogP contribution in [0.1, 0.15) is 36.0 Å². The van der Waals surface area contributed by atoms with E-state index in [9.17, 15) is 4.79 Å². The maximum absolute atomic E-state index is 11.8. The van der Waals surface area contributed by atoms with Crippen molar-refractivity contribution in [2.24, 2.45) is 0 Å². The van der Waals surface area contributed by atoms with Crippen LogP contribution in [-0.2, 0) is 4.74 Å². The fourth-order valence-corrected chi connectivity index (χ4v) is 2.09. The van der Waals surface area contributed by atoms with Gasteiger partial charge in [-0.1, -0.05) is 0 Å². The van der Waals surface area contributed by atoms with Crippen LogP contribution in [0.5, 0.6) is 0 Å². The maximum Gasteiger partial charge on any atom is 0.255 e. The number of hydrogen-bond acceptors (Lipinski definition) is 4. The lowest BCUT2D eigenvalue weighted by Crippen LogP contribution is -2.30. The van der Waals surface area contributed by atoms with Gasteiger partial charge in [0, 0.05) is 19.3 Å². The van der Waals surface area contributed by atoms with Crippen molar-refractivity contribution in [3.05, 3.63) is 23.9 Å². The normalized spacial score (nSPS) is 19.4. The topological polar surface area (TPSA) is 77.2 Å². The third kappa shape index (κ3) is 3.43. The molecular formula is C13H19N3O2. The van der Waals surface area contributed by atoms with Crippen LogP contribution < -0.4 is 11.1 Å². The van der Waals surface area contributed by atoms with Crippen LogP contribution >= 0.6 is 0 Å². The molecule has 2 heterocycles. The van der Waals surface area contributed by atoms with Gasteiger partial charge in [0.15, 0.2) is 0 Å². The van der Waals surface area contributed by atoms with Crippen molar-refractivity contribution in [3.8, 4) is 0 Å². The van der Waals surface area contributed by atoms with Crippen LogP contribution in [0.2, 0.25) is 0 Å². The Morgan fingerprint density at radius 3 is 3.17 bits per heavy atom. The van der Waals surface area contributed by atoms with Gasteiger partial charge < -0.3 is 15.8 Å². The molecule has 0 spiro atoms. The van der Waals surface area contributed by atoms with E-state index in [0.717, 1.165) is 25.9 Å². The molecule has 1 fully saturated rings. The summed E-state index contributed by atoms with van der Waals surface area (Å²) in [6.07, 6.45) is 6.16. The number of hydrogen-bond donors (Lipinski definition) is 2. The van der Waals surface area contributed by atoms with Crippen molar-refractivity contribution < 1.29 is 9.53 Å². The van der Waals surface area contributed by atoms with E-state index >= 15 is 0 Å². The van der Waals surface area contributed by atoms with Gasteiger partial charge in [-0.25, -0.2) is 4.98 Å². The zero-order chi connectivity index (χ0) is 12.8. The molecule has 18 heavy (non-hydrogen) atoms. The van der Waals surface area contributed by atoms with Crippen LogP contribution in [0, 0.1) is 0 Å². The van der Waals surface area contributed by atoms with E-state index < -0.39 is 0 Å². The Morgan fingerprint density at radius 1 is 1.56 bits per heavy atom. The molecule has 3 N–H and O–H groups in total. The number of carbonyl (C=O) groups is 1. The standard InChI is InChI=1S/C13H19N3O2/c14-12-11(5-3-7-15-12)13(17)16-8-6-10-4-1-2-9-18-10/h3,5,7,10H,1-2,4,6,8-9H2,(H2,14,15)(H,16,17). The van der Waals surface area contributed by atoms with Gasteiger partial charge in [-0.05, 0) is 37.8 Å². The number of anilines is 1. The number of amides is 1. The molecule has 0 bridgehead atoms. The quantitative estimate of drug-likeness (QED) is 0.844. The molecule has 0 aromatic carbocycles. The predicted octanol–water partition coefficient (Wildman–Crippen LogP) is 1.35. The summed E-state index contributed by atoms with van der Waals surface area (Å²) in [5.74, 6) is 0.0975. The first-order chi connectivity index (χ1) is 8.77. The SMILES string of the molecule is Nc1ncccc1C(=O)NCCC1CCCCO1. The van der Waals surface area contributed by atoms with Gasteiger partial charge >= 0.3 is 0 Å². The summed E-state index contributed by atoms with van der Waals surface area (Å²) in [6.45, 7) is 1.45. The van der Waals surface area contributed by atoms with Gasteiger partial charge in [0.25, 0.3) is 5.91 Å². The highest BCUT2D eigenvalue weighted by atomic mass is 16.5. The molecule has 0 aliphatic carbocycles. The van der Waals surface area contributed by atoms with Gasteiger partial charge in [0.05, 0.1) is 11.7 Å². The smallest absolute Gasteiger partial charge is 0.255 e. The molecular weight excluding hydrogens is 230 g/mol. The number of carbonyl (C=O) groups excluding carboxylic acids is 1. The van der Waals surface area contributed by atoms with Crippen LogP contribution in [0.25, 0.3) is 0 Å². The number of nitrogens with one attached hydrogen (secondary N) is 1. The molecule has 5 heteroatoms. The van der Waals surface area contributed by atoms with E-state index in [0.29, 0.717) is 12.1 Å². The van der Waals surface area contributed by atoms with Crippen molar-refractivity contribution in [1.82, 2.24) is 10.3 Å². The first kappa shape index (κ1) is 12.8. The highest BCUT2D eigenvalue weighted by molar-refractivity contribution is 5.98. The Hall–Kier alpha value is -1.62. The number of nitrogen functional groups attached to an aromatic ring is 1. The summed E-state index contributed by atoms with van der Waals surface area (Å²) >= 11 is 0. The number of rotatable bonds is 4. The highest BCUT2D eigenvalue weighted by Gasteiger charge is 2.14. The summed E-state index contributed by atoms with van der Waals surface area (Å²) in [4.78, 5) is 15.7. The second-order valence-electron chi connectivity index (χ2n) is 4.47. The molecule has 1 aliphatic rings. The Bertz CT molecular complexity index is 403. The number of pyridine rings is 1. The van der Waals surface area contributed by atoms with Gasteiger partial charge in [0.1, 0.15) is 5.82 Å². The van der Waals surface area contributed by atoms with Crippen molar-refractivity contribution in [1.29, 1.82) is 0 Å². The summed E-state index contributed by atoms with van der Waals surface area (Å²) in [5, 5.41) is 2.85. The average molecular weight is 249 g/mol. The maximum atomic E-state index is 11.8. The molecule has 0 radical (unpaired) electrons. The van der Waals surface area contributed by atoms with E-state index in [1.807, 2.05) is 0 Å². The van der Waals surface area contributed by atoms with Crippen molar-refractivity contribution in [3.63, 3.8) is 0 Å². The van der Waals surface area contributed by atoms with Gasteiger partial charge in [-0.3, -0.25) is 4.79 Å². The van der Waals surface area contributed by atoms with Crippen molar-refractivity contribution >= 4 is 11.7 Å². The third-order valence-corrected chi connectivity index (χ3v) is 3.11. The number of nitrogens with zero attached hydrogens (tertiary/aromatic N) is 1. The zero-order valence-electron chi connectivity index (χ0n) is 10.4. The highest BCUT2D eigenvalue weighted by Crippen LogP contribution is 2.15. The minimum Gasteiger partial charge on any atom is -0.383 e. The van der Waals surface area contributed by atoms with Gasteiger partial charge in [-0.15, -0.1) is 0 Å². The first-order valence-electron chi connectivity index (χ1n) is 6.37. The Balaban J connectivity index is 1.76.